The zero-order valence-corrected chi connectivity index (χ0v) is 17.5. The number of nitrogens with zero attached hydrogens (tertiary/aromatic N) is 4. The minimum atomic E-state index is -3.76. The molecule has 1 aliphatic heterocycles. The van der Waals surface area contributed by atoms with E-state index < -0.39 is 28.3 Å². The van der Waals surface area contributed by atoms with E-state index in [4.69, 9.17) is 9.47 Å². The Morgan fingerprint density at radius 3 is 2.68 bits per heavy atom. The molecule has 2 heterocycles. The number of carbonyl (C=O) groups excluding carboxylic acids is 1. The molecule has 31 heavy (non-hydrogen) atoms. The molecule has 0 amide bonds. The molecule has 0 radical (unpaired) electrons. The van der Waals surface area contributed by atoms with Crippen LogP contribution in [0, 0.1) is 6.92 Å². The highest BCUT2D eigenvalue weighted by Gasteiger charge is 2.27. The van der Waals surface area contributed by atoms with E-state index in [9.17, 15) is 18.0 Å². The van der Waals surface area contributed by atoms with E-state index in [0.717, 1.165) is 4.68 Å². The van der Waals surface area contributed by atoms with Gasteiger partial charge in [-0.3, -0.25) is 4.79 Å². The van der Waals surface area contributed by atoms with Gasteiger partial charge in [-0.25, -0.2) is 13.2 Å². The number of esters is 1. The van der Waals surface area contributed by atoms with Crippen LogP contribution in [0.3, 0.4) is 0 Å². The summed E-state index contributed by atoms with van der Waals surface area (Å²) < 4.78 is 38.4. The first kappa shape index (κ1) is 21.1. The highest BCUT2D eigenvalue weighted by atomic mass is 32.2. The van der Waals surface area contributed by atoms with Gasteiger partial charge in [0.1, 0.15) is 5.52 Å². The summed E-state index contributed by atoms with van der Waals surface area (Å²) in [6, 6.07) is 11.0. The van der Waals surface area contributed by atoms with Gasteiger partial charge in [0.15, 0.2) is 6.73 Å². The van der Waals surface area contributed by atoms with Crippen LogP contribution in [0.1, 0.15) is 15.9 Å². The van der Waals surface area contributed by atoms with Crippen molar-refractivity contribution in [1.29, 1.82) is 0 Å². The third-order valence-electron chi connectivity index (χ3n) is 4.98. The Kier molecular flexibility index (Phi) is 5.81. The van der Waals surface area contributed by atoms with Crippen molar-refractivity contribution in [2.75, 3.05) is 26.3 Å². The van der Waals surface area contributed by atoms with Crippen LogP contribution < -0.4 is 5.56 Å². The monoisotopic (exact) mass is 444 g/mol. The van der Waals surface area contributed by atoms with Crippen LogP contribution in [-0.2, 0) is 26.2 Å². The first-order valence-electron chi connectivity index (χ1n) is 9.56. The van der Waals surface area contributed by atoms with Gasteiger partial charge in [0, 0.05) is 13.1 Å². The molecule has 0 unspecified atom stereocenters. The highest BCUT2D eigenvalue weighted by molar-refractivity contribution is 7.89. The summed E-state index contributed by atoms with van der Waals surface area (Å²) in [6.07, 6.45) is 0. The average molecular weight is 444 g/mol. The van der Waals surface area contributed by atoms with E-state index in [1.165, 1.54) is 16.4 Å². The predicted octanol–water partition coefficient (Wildman–Crippen LogP) is 0.935. The zero-order valence-electron chi connectivity index (χ0n) is 16.7. The molecule has 4 rings (SSSR count). The first-order valence-corrected chi connectivity index (χ1v) is 11.0. The van der Waals surface area contributed by atoms with Crippen LogP contribution in [0.15, 0.2) is 52.2 Å². The van der Waals surface area contributed by atoms with Gasteiger partial charge in [-0.15, -0.1) is 5.10 Å². The molecule has 1 aromatic heterocycles. The number of rotatable bonds is 5. The molecule has 10 nitrogen and oxygen atoms in total. The van der Waals surface area contributed by atoms with Gasteiger partial charge in [-0.2, -0.15) is 8.99 Å². The molecule has 3 aromatic rings. The number of hydrogen-bond acceptors (Lipinski definition) is 8. The Morgan fingerprint density at radius 1 is 1.16 bits per heavy atom. The molecule has 0 N–H and O–H groups in total. The molecule has 162 valence electrons. The molecule has 0 bridgehead atoms. The molecule has 11 heteroatoms. The van der Waals surface area contributed by atoms with Crippen LogP contribution in [0.5, 0.6) is 0 Å². The lowest BCUT2D eigenvalue weighted by Crippen LogP contribution is -2.40. The standard InChI is InChI=1S/C20H20N4O6S/c1-14-6-7-15(31(27,28)23-8-10-29-11-9-23)12-17(14)20(26)30-13-24-19(25)16-4-2-3-5-18(16)21-22-24/h2-7,12H,8-11,13H2,1H3. The van der Waals surface area contributed by atoms with Crippen molar-refractivity contribution >= 4 is 26.9 Å². The topological polar surface area (TPSA) is 121 Å². The summed E-state index contributed by atoms with van der Waals surface area (Å²) in [5.41, 5.74) is 0.629. The summed E-state index contributed by atoms with van der Waals surface area (Å²) in [6.45, 7) is 2.36. The quantitative estimate of drug-likeness (QED) is 0.533. The number of fused-ring (bicyclic) bond motifs is 1. The van der Waals surface area contributed by atoms with Crippen LogP contribution in [-0.4, -0.2) is 60.0 Å². The second kappa shape index (κ2) is 8.53. The maximum atomic E-state index is 12.9. The normalized spacial score (nSPS) is 15.1. The number of sulfonamides is 1. The fraction of sp³-hybridized carbons (Fsp3) is 0.300. The van der Waals surface area contributed by atoms with Gasteiger partial charge in [0.25, 0.3) is 5.56 Å². The second-order valence-corrected chi connectivity index (χ2v) is 8.90. The van der Waals surface area contributed by atoms with Crippen LogP contribution in [0.4, 0.5) is 0 Å². The smallest absolute Gasteiger partial charge is 0.340 e. The van der Waals surface area contributed by atoms with Gasteiger partial charge in [0.05, 0.1) is 29.1 Å². The van der Waals surface area contributed by atoms with Crippen LogP contribution in [0.25, 0.3) is 10.9 Å². The Balaban J connectivity index is 1.56. The molecular formula is C20H20N4O6S. The van der Waals surface area contributed by atoms with Gasteiger partial charge in [0.2, 0.25) is 10.0 Å². The van der Waals surface area contributed by atoms with Crippen molar-refractivity contribution in [2.24, 2.45) is 0 Å². The van der Waals surface area contributed by atoms with E-state index in [0.29, 0.717) is 29.7 Å². The van der Waals surface area contributed by atoms with Crippen molar-refractivity contribution in [1.82, 2.24) is 19.3 Å². The number of carbonyl (C=O) groups is 1. The molecule has 1 aliphatic rings. The molecule has 0 spiro atoms. The maximum absolute atomic E-state index is 12.9. The van der Waals surface area contributed by atoms with Crippen molar-refractivity contribution in [3.8, 4) is 0 Å². The summed E-state index contributed by atoms with van der Waals surface area (Å²) in [5, 5.41) is 8.06. The summed E-state index contributed by atoms with van der Waals surface area (Å²) in [7, 11) is -3.76. The zero-order chi connectivity index (χ0) is 22.0. The Morgan fingerprint density at radius 2 is 1.90 bits per heavy atom. The number of aromatic nitrogens is 3. The molecule has 0 saturated carbocycles. The van der Waals surface area contributed by atoms with Gasteiger partial charge in [-0.05, 0) is 36.8 Å². The van der Waals surface area contributed by atoms with E-state index in [2.05, 4.69) is 10.3 Å². The molecule has 1 saturated heterocycles. The van der Waals surface area contributed by atoms with E-state index in [1.54, 1.807) is 37.3 Å². The van der Waals surface area contributed by atoms with Crippen molar-refractivity contribution in [2.45, 2.75) is 18.6 Å². The van der Waals surface area contributed by atoms with Crippen LogP contribution in [0.2, 0.25) is 0 Å². The molecule has 2 aromatic carbocycles. The second-order valence-electron chi connectivity index (χ2n) is 6.97. The average Bonchev–Trinajstić information content (AvgIpc) is 2.79. The van der Waals surface area contributed by atoms with E-state index in [-0.39, 0.29) is 23.5 Å². The lowest BCUT2D eigenvalue weighted by molar-refractivity contribution is 0.0335. The van der Waals surface area contributed by atoms with E-state index >= 15 is 0 Å². The highest BCUT2D eigenvalue weighted by Crippen LogP contribution is 2.21. The van der Waals surface area contributed by atoms with Gasteiger partial charge < -0.3 is 9.47 Å². The number of ether oxygens (including phenoxy) is 2. The third kappa shape index (κ3) is 4.20. The first-order chi connectivity index (χ1) is 14.9. The fourth-order valence-electron chi connectivity index (χ4n) is 3.22. The maximum Gasteiger partial charge on any atom is 0.340 e. The minimum Gasteiger partial charge on any atom is -0.439 e. The minimum absolute atomic E-state index is 0.00499. The van der Waals surface area contributed by atoms with E-state index in [1.807, 2.05) is 0 Å². The predicted molar refractivity (Wildman–Crippen MR) is 110 cm³/mol. The molecule has 0 aliphatic carbocycles. The summed E-state index contributed by atoms with van der Waals surface area (Å²) in [5.74, 6) is -0.765. The third-order valence-corrected chi connectivity index (χ3v) is 6.88. The summed E-state index contributed by atoms with van der Waals surface area (Å²) >= 11 is 0. The van der Waals surface area contributed by atoms with Gasteiger partial charge >= 0.3 is 5.97 Å². The lowest BCUT2D eigenvalue weighted by Gasteiger charge is -2.26. The number of aryl methyl sites for hydroxylation is 1. The molecule has 0 atom stereocenters. The van der Waals surface area contributed by atoms with Crippen molar-refractivity contribution < 1.29 is 22.7 Å². The molecule has 1 fully saturated rings. The van der Waals surface area contributed by atoms with Crippen LogP contribution >= 0.6 is 0 Å². The number of hydrogen-bond donors (Lipinski definition) is 0. The van der Waals surface area contributed by atoms with Crippen molar-refractivity contribution in [3.63, 3.8) is 0 Å². The fourth-order valence-corrected chi connectivity index (χ4v) is 4.66. The Bertz CT molecular complexity index is 1300. The Labute approximate surface area is 178 Å². The number of benzene rings is 2. The summed E-state index contributed by atoms with van der Waals surface area (Å²) in [4.78, 5) is 25.1. The SMILES string of the molecule is Cc1ccc(S(=O)(=O)N2CCOCC2)cc1C(=O)OCn1nnc2ccccc2c1=O. The largest absolute Gasteiger partial charge is 0.439 e. The van der Waals surface area contributed by atoms with Crippen molar-refractivity contribution in [3.05, 3.63) is 63.9 Å². The molecular weight excluding hydrogens is 424 g/mol. The Hall–Kier alpha value is -3.15. The van der Waals surface area contributed by atoms with Gasteiger partial charge in [-0.1, -0.05) is 23.4 Å². The number of morpholine rings is 1. The lowest BCUT2D eigenvalue weighted by atomic mass is 10.1.